The number of nitrogens with one attached hydrogen (secondary N) is 3. The van der Waals surface area contributed by atoms with Crippen LogP contribution in [0.15, 0.2) is 6.20 Å². The first-order valence-electron chi connectivity index (χ1n) is 6.07. The van der Waals surface area contributed by atoms with Crippen LogP contribution in [-0.2, 0) is 4.79 Å². The minimum absolute atomic E-state index is 0.0860. The second-order valence-corrected chi connectivity index (χ2v) is 5.12. The van der Waals surface area contributed by atoms with Crippen LogP contribution in [0.25, 0.3) is 0 Å². The fraction of sp³-hybridized carbons (Fsp3) is 0.583. The van der Waals surface area contributed by atoms with Gasteiger partial charge in [0.15, 0.2) is 11.6 Å². The van der Waals surface area contributed by atoms with Crippen molar-refractivity contribution in [3.8, 4) is 0 Å². The van der Waals surface area contributed by atoms with Crippen LogP contribution in [-0.4, -0.2) is 35.0 Å². The van der Waals surface area contributed by atoms with Gasteiger partial charge in [-0.3, -0.25) is 4.79 Å². The van der Waals surface area contributed by atoms with Crippen molar-refractivity contribution >= 4 is 17.7 Å². The average molecular weight is 269 g/mol. The Bertz CT molecular complexity index is 444. The van der Waals surface area contributed by atoms with Gasteiger partial charge in [0.1, 0.15) is 0 Å². The molecule has 7 heteroatoms. The van der Waals surface area contributed by atoms with Gasteiger partial charge in [0, 0.05) is 25.6 Å². The lowest BCUT2D eigenvalue weighted by Gasteiger charge is -2.20. The Morgan fingerprint density at radius 1 is 1.42 bits per heavy atom. The van der Waals surface area contributed by atoms with Crippen LogP contribution in [0.3, 0.4) is 0 Å². The zero-order valence-corrected chi connectivity index (χ0v) is 11.7. The zero-order chi connectivity index (χ0) is 14.5. The van der Waals surface area contributed by atoms with Gasteiger partial charge in [-0.05, 0) is 20.8 Å². The maximum Gasteiger partial charge on any atom is 0.224 e. The van der Waals surface area contributed by atoms with Crippen LogP contribution in [0.1, 0.15) is 27.2 Å². The Kier molecular flexibility index (Phi) is 5.02. The number of hydrogen-bond donors (Lipinski definition) is 3. The lowest BCUT2D eigenvalue weighted by atomic mass is 10.1. The summed E-state index contributed by atoms with van der Waals surface area (Å²) in [6.07, 6.45) is 1.33. The van der Waals surface area contributed by atoms with E-state index < -0.39 is 5.82 Å². The standard InChI is InChI=1S/C12H20FN5O/c1-12(2,3)18-9(19)5-6-15-10-8(13)7-16-11(14-4)17-10/h7H,5-6H2,1-4H3,(H,18,19)(H2,14,15,16,17). The topological polar surface area (TPSA) is 78.9 Å². The predicted octanol–water partition coefficient (Wildman–Crippen LogP) is 1.37. The molecule has 1 heterocycles. The van der Waals surface area contributed by atoms with Crippen LogP contribution in [0.4, 0.5) is 16.2 Å². The van der Waals surface area contributed by atoms with Gasteiger partial charge in [0.2, 0.25) is 11.9 Å². The molecule has 106 valence electrons. The van der Waals surface area contributed by atoms with E-state index in [1.807, 2.05) is 20.8 Å². The predicted molar refractivity (Wildman–Crippen MR) is 72.5 cm³/mol. The number of aromatic nitrogens is 2. The Hall–Kier alpha value is -1.92. The van der Waals surface area contributed by atoms with E-state index in [9.17, 15) is 9.18 Å². The van der Waals surface area contributed by atoms with Gasteiger partial charge in [0.05, 0.1) is 6.20 Å². The molecule has 1 amide bonds. The van der Waals surface area contributed by atoms with E-state index in [0.29, 0.717) is 12.5 Å². The lowest BCUT2D eigenvalue weighted by molar-refractivity contribution is -0.122. The third-order valence-corrected chi connectivity index (χ3v) is 2.13. The minimum Gasteiger partial charge on any atom is -0.367 e. The van der Waals surface area contributed by atoms with Gasteiger partial charge in [-0.15, -0.1) is 0 Å². The van der Waals surface area contributed by atoms with Crippen molar-refractivity contribution in [1.82, 2.24) is 15.3 Å². The summed E-state index contributed by atoms with van der Waals surface area (Å²) in [6, 6.07) is 0. The van der Waals surface area contributed by atoms with Gasteiger partial charge in [0.25, 0.3) is 0 Å². The number of carbonyl (C=O) groups is 1. The quantitative estimate of drug-likeness (QED) is 0.752. The van der Waals surface area contributed by atoms with Crippen LogP contribution >= 0.6 is 0 Å². The molecule has 3 N–H and O–H groups in total. The number of halogens is 1. The molecule has 0 saturated carbocycles. The zero-order valence-electron chi connectivity index (χ0n) is 11.7. The van der Waals surface area contributed by atoms with E-state index in [-0.39, 0.29) is 23.7 Å². The van der Waals surface area contributed by atoms with Crippen molar-refractivity contribution in [2.24, 2.45) is 0 Å². The average Bonchev–Trinajstić information content (AvgIpc) is 2.29. The fourth-order valence-electron chi connectivity index (χ4n) is 1.39. The number of carbonyl (C=O) groups excluding carboxylic acids is 1. The van der Waals surface area contributed by atoms with Gasteiger partial charge < -0.3 is 16.0 Å². The number of anilines is 2. The molecule has 0 aliphatic rings. The van der Waals surface area contributed by atoms with Gasteiger partial charge >= 0.3 is 0 Å². The molecule has 0 radical (unpaired) electrons. The summed E-state index contributed by atoms with van der Waals surface area (Å²) in [5, 5.41) is 8.32. The molecule has 0 aliphatic carbocycles. The summed E-state index contributed by atoms with van der Waals surface area (Å²) >= 11 is 0. The van der Waals surface area contributed by atoms with Crippen LogP contribution in [0.2, 0.25) is 0 Å². The van der Waals surface area contributed by atoms with E-state index in [0.717, 1.165) is 6.20 Å². The molecule has 0 saturated heterocycles. The monoisotopic (exact) mass is 269 g/mol. The second-order valence-electron chi connectivity index (χ2n) is 5.12. The second kappa shape index (κ2) is 6.31. The number of amides is 1. The van der Waals surface area contributed by atoms with Crippen molar-refractivity contribution in [2.45, 2.75) is 32.7 Å². The maximum absolute atomic E-state index is 13.4. The van der Waals surface area contributed by atoms with Crippen molar-refractivity contribution in [2.75, 3.05) is 24.2 Å². The highest BCUT2D eigenvalue weighted by Gasteiger charge is 2.13. The third kappa shape index (κ3) is 5.50. The highest BCUT2D eigenvalue weighted by Crippen LogP contribution is 2.11. The SMILES string of the molecule is CNc1ncc(F)c(NCCC(=O)NC(C)(C)C)n1. The van der Waals surface area contributed by atoms with Crippen molar-refractivity contribution < 1.29 is 9.18 Å². The summed E-state index contributed by atoms with van der Waals surface area (Å²) < 4.78 is 13.4. The number of hydrogen-bond acceptors (Lipinski definition) is 5. The molecule has 1 rings (SSSR count). The van der Waals surface area contributed by atoms with Crippen LogP contribution in [0.5, 0.6) is 0 Å². The Morgan fingerprint density at radius 2 is 2.11 bits per heavy atom. The van der Waals surface area contributed by atoms with E-state index >= 15 is 0 Å². The van der Waals surface area contributed by atoms with E-state index in [1.54, 1.807) is 7.05 Å². The summed E-state index contributed by atoms with van der Waals surface area (Å²) in [5.41, 5.74) is -0.267. The first-order valence-corrected chi connectivity index (χ1v) is 6.07. The molecular weight excluding hydrogens is 249 g/mol. The smallest absolute Gasteiger partial charge is 0.224 e. The molecule has 0 spiro atoms. The van der Waals surface area contributed by atoms with Gasteiger partial charge in [-0.25, -0.2) is 9.37 Å². The number of rotatable bonds is 5. The van der Waals surface area contributed by atoms with Crippen LogP contribution < -0.4 is 16.0 Å². The highest BCUT2D eigenvalue weighted by molar-refractivity contribution is 5.77. The summed E-state index contributed by atoms with van der Waals surface area (Å²) in [5.74, 6) is -0.232. The van der Waals surface area contributed by atoms with Gasteiger partial charge in [-0.2, -0.15) is 4.98 Å². The maximum atomic E-state index is 13.4. The highest BCUT2D eigenvalue weighted by atomic mass is 19.1. The molecule has 1 aromatic heterocycles. The van der Waals surface area contributed by atoms with Crippen LogP contribution in [0, 0.1) is 5.82 Å². The molecule has 0 bridgehead atoms. The first kappa shape index (κ1) is 15.1. The fourth-order valence-corrected chi connectivity index (χ4v) is 1.39. The van der Waals surface area contributed by atoms with Crippen molar-refractivity contribution in [1.29, 1.82) is 0 Å². The molecule has 0 atom stereocenters. The molecule has 0 fully saturated rings. The Balaban J connectivity index is 2.47. The summed E-state index contributed by atoms with van der Waals surface area (Å²) in [4.78, 5) is 19.2. The normalized spacial score (nSPS) is 11.0. The third-order valence-electron chi connectivity index (χ3n) is 2.13. The van der Waals surface area contributed by atoms with Crippen molar-refractivity contribution in [3.05, 3.63) is 12.0 Å². The largest absolute Gasteiger partial charge is 0.367 e. The summed E-state index contributed by atoms with van der Waals surface area (Å²) in [6.45, 7) is 6.02. The molecule has 1 aromatic rings. The van der Waals surface area contributed by atoms with E-state index in [1.165, 1.54) is 0 Å². The van der Waals surface area contributed by atoms with E-state index in [4.69, 9.17) is 0 Å². The first-order chi connectivity index (χ1) is 8.81. The molecular formula is C12H20FN5O. The molecule has 0 aromatic carbocycles. The number of nitrogens with zero attached hydrogens (tertiary/aromatic N) is 2. The van der Waals surface area contributed by atoms with E-state index in [2.05, 4.69) is 25.9 Å². The molecule has 0 unspecified atom stereocenters. The summed E-state index contributed by atoms with van der Waals surface area (Å²) in [7, 11) is 1.65. The molecule has 6 nitrogen and oxygen atoms in total. The Labute approximate surface area is 112 Å². The van der Waals surface area contributed by atoms with Crippen molar-refractivity contribution in [3.63, 3.8) is 0 Å². The van der Waals surface area contributed by atoms with Gasteiger partial charge in [-0.1, -0.05) is 0 Å². The molecule has 0 aliphatic heterocycles. The lowest BCUT2D eigenvalue weighted by Crippen LogP contribution is -2.41. The molecule has 19 heavy (non-hydrogen) atoms. The minimum atomic E-state index is -0.546. The Morgan fingerprint density at radius 3 is 2.68 bits per heavy atom.